The number of hydrogen-bond acceptors (Lipinski definition) is 6. The van der Waals surface area contributed by atoms with Crippen molar-refractivity contribution in [2.24, 2.45) is 7.05 Å². The van der Waals surface area contributed by atoms with E-state index < -0.39 is 0 Å². The zero-order chi connectivity index (χ0) is 18.8. The molecule has 0 aliphatic heterocycles. The van der Waals surface area contributed by atoms with Gasteiger partial charge < -0.3 is 15.0 Å². The Labute approximate surface area is 156 Å². The van der Waals surface area contributed by atoms with Crippen molar-refractivity contribution in [2.45, 2.75) is 13.8 Å². The number of hydrogen-bond donors (Lipinski definition) is 2. The van der Waals surface area contributed by atoms with Crippen LogP contribution in [0.4, 0.5) is 5.82 Å². The quantitative estimate of drug-likeness (QED) is 0.512. The third-order valence-electron chi connectivity index (χ3n) is 4.44. The molecule has 138 valence electrons. The molecule has 0 saturated heterocycles. The van der Waals surface area contributed by atoms with E-state index in [-0.39, 0.29) is 0 Å². The van der Waals surface area contributed by atoms with E-state index in [1.807, 2.05) is 55.9 Å². The van der Waals surface area contributed by atoms with E-state index >= 15 is 0 Å². The van der Waals surface area contributed by atoms with Crippen LogP contribution >= 0.6 is 0 Å². The number of aromatic nitrogens is 6. The van der Waals surface area contributed by atoms with Crippen LogP contribution in [-0.2, 0) is 7.05 Å². The Morgan fingerprint density at radius 3 is 2.70 bits per heavy atom. The number of nitrogens with one attached hydrogen (secondary N) is 2. The number of anilines is 1. The first kappa shape index (κ1) is 17.0. The molecule has 1 aromatic carbocycles. The minimum atomic E-state index is 0.525. The minimum Gasteiger partial charge on any atom is -0.492 e. The molecule has 0 aliphatic carbocycles. The average Bonchev–Trinajstić information content (AvgIpc) is 3.20. The Balaban J connectivity index is 1.53. The van der Waals surface area contributed by atoms with E-state index in [2.05, 4.69) is 30.4 Å². The SMILES string of the molecule is Cc1nn(C)c(C)c1-c1nc2ncnc(NCCOc3ccccc3)c2[nH]1. The number of ether oxygens (including phenoxy) is 1. The van der Waals surface area contributed by atoms with Gasteiger partial charge in [0.05, 0.1) is 17.8 Å². The van der Waals surface area contributed by atoms with Crippen molar-refractivity contribution >= 4 is 17.0 Å². The summed E-state index contributed by atoms with van der Waals surface area (Å²) in [6.45, 7) is 5.13. The molecule has 0 fully saturated rings. The Morgan fingerprint density at radius 2 is 1.96 bits per heavy atom. The number of aryl methyl sites for hydroxylation is 2. The molecule has 0 saturated carbocycles. The molecular weight excluding hydrogens is 342 g/mol. The van der Waals surface area contributed by atoms with Gasteiger partial charge >= 0.3 is 0 Å². The highest BCUT2D eigenvalue weighted by Crippen LogP contribution is 2.27. The summed E-state index contributed by atoms with van der Waals surface area (Å²) in [6, 6.07) is 9.73. The van der Waals surface area contributed by atoms with Crippen molar-refractivity contribution in [2.75, 3.05) is 18.5 Å². The van der Waals surface area contributed by atoms with E-state index in [1.54, 1.807) is 0 Å². The Kier molecular flexibility index (Phi) is 4.45. The monoisotopic (exact) mass is 363 g/mol. The summed E-state index contributed by atoms with van der Waals surface area (Å²) in [5.74, 6) is 2.30. The van der Waals surface area contributed by atoms with Crippen LogP contribution in [0, 0.1) is 13.8 Å². The van der Waals surface area contributed by atoms with Gasteiger partial charge in [-0.15, -0.1) is 0 Å². The topological polar surface area (TPSA) is 93.5 Å². The van der Waals surface area contributed by atoms with Crippen molar-refractivity contribution in [1.82, 2.24) is 29.7 Å². The lowest BCUT2D eigenvalue weighted by Crippen LogP contribution is -2.12. The first-order valence-electron chi connectivity index (χ1n) is 8.76. The standard InChI is InChI=1S/C19H21N7O/c1-12-15(13(2)26(3)25-12)17-23-16-18(21-11-22-19(16)24-17)20-9-10-27-14-7-5-4-6-8-14/h4-8,11H,9-10H2,1-3H3,(H2,20,21,22,23,24). The molecule has 4 aromatic rings. The second-order valence-corrected chi connectivity index (χ2v) is 6.26. The molecule has 0 spiro atoms. The Hall–Kier alpha value is -3.42. The fourth-order valence-corrected chi connectivity index (χ4v) is 3.05. The summed E-state index contributed by atoms with van der Waals surface area (Å²) >= 11 is 0. The number of fused-ring (bicyclic) bond motifs is 1. The Morgan fingerprint density at radius 1 is 1.15 bits per heavy atom. The van der Waals surface area contributed by atoms with Crippen LogP contribution in [0.3, 0.4) is 0 Å². The molecule has 8 heteroatoms. The maximum atomic E-state index is 5.71. The van der Waals surface area contributed by atoms with Gasteiger partial charge in [0.15, 0.2) is 11.5 Å². The Bertz CT molecular complexity index is 1070. The molecule has 0 aliphatic rings. The zero-order valence-electron chi connectivity index (χ0n) is 15.5. The molecular formula is C19H21N7O. The molecule has 0 bridgehead atoms. The maximum Gasteiger partial charge on any atom is 0.183 e. The summed E-state index contributed by atoms with van der Waals surface area (Å²) in [7, 11) is 1.92. The molecule has 8 nitrogen and oxygen atoms in total. The van der Waals surface area contributed by atoms with Crippen LogP contribution in [0.15, 0.2) is 36.7 Å². The average molecular weight is 363 g/mol. The van der Waals surface area contributed by atoms with Crippen LogP contribution in [0.1, 0.15) is 11.4 Å². The molecule has 0 unspecified atom stereocenters. The highest BCUT2D eigenvalue weighted by molar-refractivity contribution is 5.85. The minimum absolute atomic E-state index is 0.525. The number of H-pyrrole nitrogens is 1. The summed E-state index contributed by atoms with van der Waals surface area (Å²) in [5.41, 5.74) is 4.36. The van der Waals surface area contributed by atoms with Crippen molar-refractivity contribution in [3.8, 4) is 17.1 Å². The maximum absolute atomic E-state index is 5.71. The van der Waals surface area contributed by atoms with Crippen molar-refractivity contribution < 1.29 is 4.74 Å². The lowest BCUT2D eigenvalue weighted by molar-refractivity contribution is 0.333. The zero-order valence-corrected chi connectivity index (χ0v) is 15.5. The van der Waals surface area contributed by atoms with Crippen LogP contribution < -0.4 is 10.1 Å². The third kappa shape index (κ3) is 3.33. The number of nitrogens with zero attached hydrogens (tertiary/aromatic N) is 5. The van der Waals surface area contributed by atoms with Crippen LogP contribution in [0.25, 0.3) is 22.6 Å². The van der Waals surface area contributed by atoms with Crippen LogP contribution in [0.2, 0.25) is 0 Å². The van der Waals surface area contributed by atoms with E-state index in [0.717, 1.165) is 34.0 Å². The summed E-state index contributed by atoms with van der Waals surface area (Å²) in [5, 5.41) is 7.75. The van der Waals surface area contributed by atoms with E-state index in [9.17, 15) is 0 Å². The number of rotatable bonds is 6. The summed E-state index contributed by atoms with van der Waals surface area (Å²) < 4.78 is 7.56. The van der Waals surface area contributed by atoms with Gasteiger partial charge in [-0.3, -0.25) is 4.68 Å². The lowest BCUT2D eigenvalue weighted by atomic mass is 10.2. The van der Waals surface area contributed by atoms with Gasteiger partial charge in [-0.1, -0.05) is 18.2 Å². The van der Waals surface area contributed by atoms with E-state index in [1.165, 1.54) is 6.33 Å². The molecule has 3 aromatic heterocycles. The lowest BCUT2D eigenvalue weighted by Gasteiger charge is -2.08. The van der Waals surface area contributed by atoms with Crippen molar-refractivity contribution in [3.05, 3.63) is 48.0 Å². The molecule has 2 N–H and O–H groups in total. The molecule has 0 atom stereocenters. The summed E-state index contributed by atoms with van der Waals surface area (Å²) in [4.78, 5) is 16.6. The van der Waals surface area contributed by atoms with Crippen molar-refractivity contribution in [1.29, 1.82) is 0 Å². The third-order valence-corrected chi connectivity index (χ3v) is 4.44. The van der Waals surface area contributed by atoms with Crippen molar-refractivity contribution in [3.63, 3.8) is 0 Å². The van der Waals surface area contributed by atoms with Crippen LogP contribution in [-0.4, -0.2) is 42.9 Å². The first-order valence-corrected chi connectivity index (χ1v) is 8.76. The number of para-hydroxylation sites is 1. The van der Waals surface area contributed by atoms with Gasteiger partial charge in [0.1, 0.15) is 30.0 Å². The number of imidazole rings is 1. The predicted molar refractivity (Wildman–Crippen MR) is 104 cm³/mol. The van der Waals surface area contributed by atoms with Gasteiger partial charge in [0.25, 0.3) is 0 Å². The summed E-state index contributed by atoms with van der Waals surface area (Å²) in [6.07, 6.45) is 1.51. The number of aromatic amines is 1. The molecule has 3 heterocycles. The predicted octanol–water partition coefficient (Wildman–Crippen LogP) is 2.86. The second kappa shape index (κ2) is 7.06. The second-order valence-electron chi connectivity index (χ2n) is 6.26. The van der Waals surface area contributed by atoms with Gasteiger partial charge in [0.2, 0.25) is 0 Å². The first-order chi connectivity index (χ1) is 13.1. The fourth-order valence-electron chi connectivity index (χ4n) is 3.05. The highest BCUT2D eigenvalue weighted by atomic mass is 16.5. The molecule has 4 rings (SSSR count). The molecule has 0 amide bonds. The normalized spacial score (nSPS) is 11.1. The van der Waals surface area contributed by atoms with E-state index in [0.29, 0.717) is 24.6 Å². The van der Waals surface area contributed by atoms with Crippen LogP contribution in [0.5, 0.6) is 5.75 Å². The van der Waals surface area contributed by atoms with Gasteiger partial charge in [-0.05, 0) is 26.0 Å². The highest BCUT2D eigenvalue weighted by Gasteiger charge is 2.17. The smallest absolute Gasteiger partial charge is 0.183 e. The molecule has 27 heavy (non-hydrogen) atoms. The van der Waals surface area contributed by atoms with Gasteiger partial charge in [0, 0.05) is 12.7 Å². The van der Waals surface area contributed by atoms with Gasteiger partial charge in [-0.2, -0.15) is 5.10 Å². The van der Waals surface area contributed by atoms with Gasteiger partial charge in [-0.25, -0.2) is 15.0 Å². The largest absolute Gasteiger partial charge is 0.492 e. The number of benzene rings is 1. The molecule has 0 radical (unpaired) electrons. The fraction of sp³-hybridized carbons (Fsp3) is 0.263. The van der Waals surface area contributed by atoms with E-state index in [4.69, 9.17) is 4.74 Å².